The lowest BCUT2D eigenvalue weighted by molar-refractivity contribution is -0.122. The van der Waals surface area contributed by atoms with Gasteiger partial charge in [0, 0.05) is 19.6 Å². The first-order valence-corrected chi connectivity index (χ1v) is 6.81. The smallest absolute Gasteiger partial charge is 0.220 e. The molecular formula is C14H21NO4. The Labute approximate surface area is 112 Å². The highest BCUT2D eigenvalue weighted by atomic mass is 16.5. The van der Waals surface area contributed by atoms with Crippen LogP contribution in [0.15, 0.2) is 22.8 Å². The number of aliphatic hydroxyl groups excluding tert-OH is 1. The third-order valence-electron chi connectivity index (χ3n) is 3.44. The van der Waals surface area contributed by atoms with E-state index in [4.69, 9.17) is 9.15 Å². The molecule has 2 rings (SSSR count). The number of ether oxygens (including phenoxy) is 1. The zero-order valence-electron chi connectivity index (χ0n) is 11.0. The molecule has 0 spiro atoms. The van der Waals surface area contributed by atoms with Gasteiger partial charge in [0.15, 0.2) is 0 Å². The summed E-state index contributed by atoms with van der Waals surface area (Å²) < 4.78 is 10.6. The predicted octanol–water partition coefficient (Wildman–Crippen LogP) is 1.64. The fourth-order valence-electron chi connectivity index (χ4n) is 2.33. The predicted molar refractivity (Wildman–Crippen MR) is 69.5 cm³/mol. The molecule has 106 valence electrons. The number of carbonyl (C=O) groups is 1. The Hall–Kier alpha value is -1.33. The van der Waals surface area contributed by atoms with E-state index in [1.807, 2.05) is 0 Å². The molecule has 1 aromatic rings. The van der Waals surface area contributed by atoms with Gasteiger partial charge in [0.1, 0.15) is 11.8 Å². The summed E-state index contributed by atoms with van der Waals surface area (Å²) >= 11 is 0. The van der Waals surface area contributed by atoms with Gasteiger partial charge in [0.2, 0.25) is 5.91 Å². The number of nitrogens with one attached hydrogen (secondary N) is 1. The number of furan rings is 1. The van der Waals surface area contributed by atoms with Crippen LogP contribution in [0.2, 0.25) is 0 Å². The second-order valence-electron chi connectivity index (χ2n) is 4.94. The van der Waals surface area contributed by atoms with Crippen LogP contribution in [0, 0.1) is 5.92 Å². The minimum atomic E-state index is -0.454. The lowest BCUT2D eigenvalue weighted by atomic mass is 9.97. The van der Waals surface area contributed by atoms with Crippen LogP contribution in [0.1, 0.15) is 37.5 Å². The van der Waals surface area contributed by atoms with Crippen LogP contribution in [0.5, 0.6) is 0 Å². The van der Waals surface area contributed by atoms with Crippen molar-refractivity contribution >= 4 is 5.91 Å². The number of carbonyl (C=O) groups excluding carboxylic acids is 1. The van der Waals surface area contributed by atoms with Gasteiger partial charge < -0.3 is 19.6 Å². The van der Waals surface area contributed by atoms with Crippen LogP contribution in [0.25, 0.3) is 0 Å². The van der Waals surface area contributed by atoms with E-state index in [0.717, 1.165) is 32.5 Å². The molecule has 2 atom stereocenters. The fourth-order valence-corrected chi connectivity index (χ4v) is 2.33. The third kappa shape index (κ3) is 4.36. The van der Waals surface area contributed by atoms with Crippen LogP contribution in [0.4, 0.5) is 0 Å². The van der Waals surface area contributed by atoms with E-state index in [2.05, 4.69) is 5.32 Å². The highest BCUT2D eigenvalue weighted by Gasteiger charge is 2.18. The zero-order chi connectivity index (χ0) is 13.5. The van der Waals surface area contributed by atoms with Gasteiger partial charge in [0.05, 0.1) is 12.9 Å². The molecule has 2 unspecified atom stereocenters. The van der Waals surface area contributed by atoms with Gasteiger partial charge in [-0.05, 0) is 37.3 Å². The Morgan fingerprint density at radius 3 is 3.11 bits per heavy atom. The topological polar surface area (TPSA) is 71.7 Å². The van der Waals surface area contributed by atoms with E-state index >= 15 is 0 Å². The normalized spacial score (nSPS) is 21.0. The molecular weight excluding hydrogens is 246 g/mol. The molecule has 1 saturated heterocycles. The highest BCUT2D eigenvalue weighted by Crippen LogP contribution is 2.19. The van der Waals surface area contributed by atoms with Crippen molar-refractivity contribution in [2.75, 3.05) is 19.8 Å². The summed E-state index contributed by atoms with van der Waals surface area (Å²) in [7, 11) is 0. The maximum atomic E-state index is 11.8. The Kier molecular flexibility index (Phi) is 5.42. The van der Waals surface area contributed by atoms with Crippen molar-refractivity contribution in [2.45, 2.75) is 31.7 Å². The Morgan fingerprint density at radius 2 is 2.47 bits per heavy atom. The van der Waals surface area contributed by atoms with Crippen molar-refractivity contribution < 1.29 is 19.1 Å². The zero-order valence-corrected chi connectivity index (χ0v) is 11.0. The second kappa shape index (κ2) is 7.31. The summed E-state index contributed by atoms with van der Waals surface area (Å²) in [6.45, 7) is 1.44. The third-order valence-corrected chi connectivity index (χ3v) is 3.44. The molecule has 0 saturated carbocycles. The number of hydrogen-bond acceptors (Lipinski definition) is 4. The van der Waals surface area contributed by atoms with Gasteiger partial charge in [-0.25, -0.2) is 0 Å². The van der Waals surface area contributed by atoms with Crippen molar-refractivity contribution in [3.63, 3.8) is 0 Å². The lowest BCUT2D eigenvalue weighted by Gasteiger charge is -2.22. The number of amides is 1. The maximum Gasteiger partial charge on any atom is 0.220 e. The van der Waals surface area contributed by atoms with Crippen LogP contribution in [-0.2, 0) is 9.53 Å². The lowest BCUT2D eigenvalue weighted by Crippen LogP contribution is -2.31. The van der Waals surface area contributed by atoms with Crippen molar-refractivity contribution in [3.05, 3.63) is 24.2 Å². The second-order valence-corrected chi connectivity index (χ2v) is 4.94. The van der Waals surface area contributed by atoms with Gasteiger partial charge in [-0.3, -0.25) is 4.79 Å². The fraction of sp³-hybridized carbons (Fsp3) is 0.643. The SMILES string of the molecule is O=C(CCC1CCCOC1)NC(CO)c1ccco1. The molecule has 19 heavy (non-hydrogen) atoms. The first-order valence-electron chi connectivity index (χ1n) is 6.81. The molecule has 0 bridgehead atoms. The number of rotatable bonds is 6. The summed E-state index contributed by atoms with van der Waals surface area (Å²) in [4.78, 5) is 11.8. The van der Waals surface area contributed by atoms with E-state index in [9.17, 15) is 9.90 Å². The molecule has 1 aliphatic heterocycles. The first-order chi connectivity index (χ1) is 9.29. The van der Waals surface area contributed by atoms with E-state index in [-0.39, 0.29) is 12.5 Å². The number of aliphatic hydroxyl groups is 1. The quantitative estimate of drug-likeness (QED) is 0.822. The van der Waals surface area contributed by atoms with Crippen molar-refractivity contribution in [1.82, 2.24) is 5.32 Å². The first kappa shape index (κ1) is 14.1. The molecule has 1 fully saturated rings. The summed E-state index contributed by atoms with van der Waals surface area (Å²) in [6, 6.07) is 3.03. The van der Waals surface area contributed by atoms with Crippen LogP contribution in [-0.4, -0.2) is 30.8 Å². The monoisotopic (exact) mass is 267 g/mol. The molecule has 5 heteroatoms. The van der Waals surface area contributed by atoms with Gasteiger partial charge in [-0.2, -0.15) is 0 Å². The average molecular weight is 267 g/mol. The highest BCUT2D eigenvalue weighted by molar-refractivity contribution is 5.76. The Morgan fingerprint density at radius 1 is 1.58 bits per heavy atom. The van der Waals surface area contributed by atoms with Crippen LogP contribution >= 0.6 is 0 Å². The van der Waals surface area contributed by atoms with E-state index in [1.165, 1.54) is 6.26 Å². The standard InChI is InChI=1S/C14H21NO4/c16-9-12(13-4-2-8-19-13)15-14(17)6-5-11-3-1-7-18-10-11/h2,4,8,11-12,16H,1,3,5-7,9-10H2,(H,15,17). The largest absolute Gasteiger partial charge is 0.467 e. The van der Waals surface area contributed by atoms with Crippen LogP contribution < -0.4 is 5.32 Å². The molecule has 0 radical (unpaired) electrons. The molecule has 5 nitrogen and oxygen atoms in total. The molecule has 0 aromatic carbocycles. The summed E-state index contributed by atoms with van der Waals surface area (Å²) in [5.41, 5.74) is 0. The van der Waals surface area contributed by atoms with Gasteiger partial charge in [-0.1, -0.05) is 0 Å². The molecule has 1 aromatic heterocycles. The maximum absolute atomic E-state index is 11.8. The summed E-state index contributed by atoms with van der Waals surface area (Å²) in [5, 5.41) is 12.1. The van der Waals surface area contributed by atoms with Gasteiger partial charge in [0.25, 0.3) is 0 Å². The van der Waals surface area contributed by atoms with Crippen molar-refractivity contribution in [2.24, 2.45) is 5.92 Å². The molecule has 1 amide bonds. The molecule has 2 N–H and O–H groups in total. The summed E-state index contributed by atoms with van der Waals surface area (Å²) in [5.74, 6) is 1.01. The van der Waals surface area contributed by atoms with Crippen molar-refractivity contribution in [3.8, 4) is 0 Å². The number of hydrogen-bond donors (Lipinski definition) is 2. The molecule has 1 aliphatic rings. The Bertz CT molecular complexity index is 371. The van der Waals surface area contributed by atoms with E-state index < -0.39 is 6.04 Å². The van der Waals surface area contributed by atoms with E-state index in [0.29, 0.717) is 18.1 Å². The minimum Gasteiger partial charge on any atom is -0.467 e. The minimum absolute atomic E-state index is 0.0546. The van der Waals surface area contributed by atoms with Crippen LogP contribution in [0.3, 0.4) is 0 Å². The van der Waals surface area contributed by atoms with Gasteiger partial charge >= 0.3 is 0 Å². The Balaban J connectivity index is 1.73. The van der Waals surface area contributed by atoms with E-state index in [1.54, 1.807) is 12.1 Å². The van der Waals surface area contributed by atoms with Crippen molar-refractivity contribution in [1.29, 1.82) is 0 Å². The molecule has 0 aliphatic carbocycles. The average Bonchev–Trinajstić information content (AvgIpc) is 2.97. The van der Waals surface area contributed by atoms with Gasteiger partial charge in [-0.15, -0.1) is 0 Å². The molecule has 2 heterocycles. The summed E-state index contributed by atoms with van der Waals surface area (Å²) in [6.07, 6.45) is 5.05.